The molecule has 0 bridgehead atoms. The van der Waals surface area contributed by atoms with E-state index < -0.39 is 51.0 Å². The van der Waals surface area contributed by atoms with Gasteiger partial charge in [0, 0.05) is 6.42 Å². The van der Waals surface area contributed by atoms with Crippen LogP contribution in [0.1, 0.15) is 193 Å². The molecule has 3 fully saturated rings. The molecule has 4 aliphatic carbocycles. The van der Waals surface area contributed by atoms with E-state index in [-0.39, 0.29) is 47.7 Å². The summed E-state index contributed by atoms with van der Waals surface area (Å²) in [5.41, 5.74) is 2.05. The van der Waals surface area contributed by atoms with E-state index in [2.05, 4.69) is 115 Å². The zero-order valence-corrected chi connectivity index (χ0v) is 49.0. The summed E-state index contributed by atoms with van der Waals surface area (Å²) in [7, 11) is 0.950. The number of phosphoric acid groups is 1. The zero-order valence-electron chi connectivity index (χ0n) is 48.1. The Morgan fingerprint density at radius 2 is 1.51 bits per heavy atom. The summed E-state index contributed by atoms with van der Waals surface area (Å²) in [5.74, 6) is 3.09. The predicted molar refractivity (Wildman–Crippen MR) is 284 cm³/mol. The van der Waals surface area contributed by atoms with Crippen molar-refractivity contribution in [3.8, 4) is 0 Å². The molecule has 71 heavy (non-hydrogen) atoms. The monoisotopic (exact) mass is 1020 g/mol. The number of likely N-dealkylation sites (N-methyl/N-ethyl adjacent to an activating group) is 1. The Labute approximate surface area is 433 Å². The Kier molecular flexibility index (Phi) is 22.2. The first-order valence-electron chi connectivity index (χ1n) is 28.1. The second-order valence-corrected chi connectivity index (χ2v) is 28.9. The number of carbonyl (C=O) groups excluding carboxylic acids is 3. The second kappa shape index (κ2) is 25.7. The van der Waals surface area contributed by atoms with Crippen LogP contribution in [0.25, 0.3) is 0 Å². The molecule has 12 heteroatoms. The number of hydrogen-bond acceptors (Lipinski definition) is 10. The molecule has 0 saturated heterocycles. The summed E-state index contributed by atoms with van der Waals surface area (Å²) in [6.07, 6.45) is 18.9. The summed E-state index contributed by atoms with van der Waals surface area (Å²) in [5, 5.41) is 0. The first kappa shape index (κ1) is 61.5. The van der Waals surface area contributed by atoms with Crippen LogP contribution in [0.4, 0.5) is 0 Å². The molecule has 0 radical (unpaired) electrons. The quantitative estimate of drug-likeness (QED) is 0.0271. The Morgan fingerprint density at radius 3 is 2.13 bits per heavy atom. The minimum atomic E-state index is -4.79. The highest BCUT2D eigenvalue weighted by Crippen LogP contribution is 2.67. The average Bonchev–Trinajstić information content (AvgIpc) is 3.59. The normalized spacial score (nSPS) is 29.4. The van der Waals surface area contributed by atoms with Crippen LogP contribution >= 0.6 is 7.82 Å². The highest BCUT2D eigenvalue weighted by atomic mass is 31.2. The van der Waals surface area contributed by atoms with Gasteiger partial charge in [0.15, 0.2) is 6.10 Å². The van der Waals surface area contributed by atoms with E-state index in [1.165, 1.54) is 37.7 Å². The number of phosphoric ester groups is 1. The molecule has 0 aromatic carbocycles. The summed E-state index contributed by atoms with van der Waals surface area (Å²) >= 11 is 0. The summed E-state index contributed by atoms with van der Waals surface area (Å²) < 4.78 is 41.3. The van der Waals surface area contributed by atoms with Crippen molar-refractivity contribution in [3.63, 3.8) is 0 Å². The van der Waals surface area contributed by atoms with Crippen LogP contribution in [0.2, 0.25) is 0 Å². The van der Waals surface area contributed by atoms with Crippen molar-refractivity contribution >= 4 is 25.7 Å². The molecule has 0 aliphatic heterocycles. The molecular formula is C59H104NO10P. The van der Waals surface area contributed by atoms with Gasteiger partial charge in [0.2, 0.25) is 0 Å². The van der Waals surface area contributed by atoms with Crippen molar-refractivity contribution in [2.24, 2.45) is 80.8 Å². The summed E-state index contributed by atoms with van der Waals surface area (Å²) in [4.78, 5) is 53.5. The maximum atomic E-state index is 13.9. The standard InChI is InChI=1S/C59H104NO10P/c1-18-44(40(2)3)21-20-42(5)50-25-26-51-49-24-22-45-35-46(29-31-58(45,13)52(49)30-32-59(50,51)14)69-53(61)27-28-54(62)70-47(39-68-71(64,65)67-34-33-60(15,16)17)38-66-55(63)48(43(6)37-57(10,11)12)23-19-41(4)36-56(7,8)9/h20-22,40-44,46-52H,18-19,23-39H2,1-17H3/b21-20+/t41?,42?,43?,44-,46+,47?,48?,49+,50-,51+,52+,58+,59-/m1/s1. The van der Waals surface area contributed by atoms with Gasteiger partial charge in [-0.15, -0.1) is 0 Å². The fourth-order valence-electron chi connectivity index (χ4n) is 14.0. The number of rotatable bonds is 26. The van der Waals surface area contributed by atoms with Crippen molar-refractivity contribution in [3.05, 3.63) is 23.8 Å². The van der Waals surface area contributed by atoms with E-state index in [9.17, 15) is 23.8 Å². The van der Waals surface area contributed by atoms with Crippen LogP contribution in [0.3, 0.4) is 0 Å². The highest BCUT2D eigenvalue weighted by molar-refractivity contribution is 7.45. The molecule has 4 rings (SSSR count). The molecule has 0 aromatic rings. The molecule has 410 valence electrons. The Bertz CT molecular complexity index is 1840. The molecule has 3 saturated carbocycles. The van der Waals surface area contributed by atoms with E-state index >= 15 is 0 Å². The van der Waals surface area contributed by atoms with Gasteiger partial charge in [-0.1, -0.05) is 121 Å². The first-order valence-corrected chi connectivity index (χ1v) is 29.6. The Hall–Kier alpha value is -2.04. The SMILES string of the molecule is CC[C@H](/C=C/C(C)[C@H]1CC[C@H]2[C@@H]3CC=C4C[C@@H](OC(=O)CCC(=O)OC(COC(=O)C(CCC(C)CC(C)(C)C)C(C)CC(C)(C)C)COP(=O)([O-])OCC[N+](C)(C)C)CC[C@]4(C)[C@H]3CC[C@]12C)C(C)C. The van der Waals surface area contributed by atoms with Crippen molar-refractivity contribution in [1.82, 2.24) is 0 Å². The van der Waals surface area contributed by atoms with Crippen LogP contribution in [0, 0.1) is 80.8 Å². The molecule has 0 N–H and O–H groups in total. The van der Waals surface area contributed by atoms with Gasteiger partial charge in [-0.3, -0.25) is 18.9 Å². The molecule has 4 aliphatic rings. The first-order chi connectivity index (χ1) is 32.8. The number of hydrogen-bond donors (Lipinski definition) is 0. The number of carbonyl (C=O) groups is 3. The van der Waals surface area contributed by atoms with E-state index in [1.807, 2.05) is 21.1 Å². The summed E-state index contributed by atoms with van der Waals surface area (Å²) in [6.45, 7) is 31.2. The van der Waals surface area contributed by atoms with Gasteiger partial charge in [-0.05, 0) is 152 Å². The largest absolute Gasteiger partial charge is 0.756 e. The molecule has 0 heterocycles. The van der Waals surface area contributed by atoms with Gasteiger partial charge in [0.05, 0.1) is 46.5 Å². The van der Waals surface area contributed by atoms with E-state index in [4.69, 9.17) is 23.3 Å². The van der Waals surface area contributed by atoms with Crippen molar-refractivity contribution in [2.45, 2.75) is 205 Å². The topological polar surface area (TPSA) is 137 Å². The van der Waals surface area contributed by atoms with Crippen LogP contribution < -0.4 is 4.89 Å². The Morgan fingerprint density at radius 1 is 0.845 bits per heavy atom. The van der Waals surface area contributed by atoms with Crippen molar-refractivity contribution in [1.29, 1.82) is 0 Å². The number of ether oxygens (including phenoxy) is 3. The van der Waals surface area contributed by atoms with E-state index in [0.717, 1.165) is 56.8 Å². The smallest absolute Gasteiger partial charge is 0.309 e. The average molecular weight is 1020 g/mol. The van der Waals surface area contributed by atoms with Gasteiger partial charge in [-0.25, -0.2) is 0 Å². The molecule has 6 unspecified atom stereocenters. The molecule has 0 aromatic heterocycles. The van der Waals surface area contributed by atoms with Crippen molar-refractivity contribution < 1.29 is 51.6 Å². The van der Waals surface area contributed by atoms with Gasteiger partial charge in [-0.2, -0.15) is 0 Å². The Balaban J connectivity index is 1.36. The van der Waals surface area contributed by atoms with Gasteiger partial charge in [0.1, 0.15) is 25.9 Å². The second-order valence-electron chi connectivity index (χ2n) is 27.5. The van der Waals surface area contributed by atoms with E-state index in [0.29, 0.717) is 58.4 Å². The minimum absolute atomic E-state index is 0.0158. The molecule has 0 amide bonds. The number of nitrogens with zero attached hydrogens (tertiary/aromatic N) is 1. The molecule has 14 atom stereocenters. The van der Waals surface area contributed by atoms with Crippen LogP contribution in [-0.2, 0) is 42.2 Å². The van der Waals surface area contributed by atoms with Crippen LogP contribution in [0.15, 0.2) is 23.8 Å². The fraction of sp³-hybridized carbons (Fsp3) is 0.881. The van der Waals surface area contributed by atoms with Crippen LogP contribution in [0.5, 0.6) is 0 Å². The maximum absolute atomic E-state index is 13.9. The lowest BCUT2D eigenvalue weighted by atomic mass is 9.47. The van der Waals surface area contributed by atoms with Gasteiger partial charge < -0.3 is 32.6 Å². The number of fused-ring (bicyclic) bond motifs is 5. The lowest BCUT2D eigenvalue weighted by molar-refractivity contribution is -0.870. The third kappa shape index (κ3) is 18.6. The summed E-state index contributed by atoms with van der Waals surface area (Å²) in [6, 6.07) is 0. The third-order valence-electron chi connectivity index (χ3n) is 17.6. The lowest BCUT2D eigenvalue weighted by Crippen LogP contribution is -2.51. The number of allylic oxidation sites excluding steroid dienone is 3. The van der Waals surface area contributed by atoms with Crippen molar-refractivity contribution in [2.75, 3.05) is 47.5 Å². The van der Waals surface area contributed by atoms with E-state index in [1.54, 1.807) is 0 Å². The maximum Gasteiger partial charge on any atom is 0.309 e. The van der Waals surface area contributed by atoms with Gasteiger partial charge >= 0.3 is 17.9 Å². The fourth-order valence-corrected chi connectivity index (χ4v) is 14.7. The highest BCUT2D eigenvalue weighted by Gasteiger charge is 2.59. The zero-order chi connectivity index (χ0) is 53.3. The third-order valence-corrected chi connectivity index (χ3v) is 18.5. The molecule has 11 nitrogen and oxygen atoms in total. The number of quaternary nitrogens is 1. The lowest BCUT2D eigenvalue weighted by Gasteiger charge is -2.58. The van der Waals surface area contributed by atoms with Gasteiger partial charge in [0.25, 0.3) is 7.82 Å². The minimum Gasteiger partial charge on any atom is -0.756 e. The van der Waals surface area contributed by atoms with Crippen LogP contribution in [-0.4, -0.2) is 82.1 Å². The molecular weight excluding hydrogens is 914 g/mol. The predicted octanol–water partition coefficient (Wildman–Crippen LogP) is 13.3. The molecule has 0 spiro atoms. The number of esters is 3.